The fraction of sp³-hybridized carbons (Fsp3) is 0.864. The van der Waals surface area contributed by atoms with Crippen molar-refractivity contribution in [3.8, 4) is 0 Å². The highest BCUT2D eigenvalue weighted by Crippen LogP contribution is 2.65. The van der Waals surface area contributed by atoms with Crippen molar-refractivity contribution in [1.29, 1.82) is 0 Å². The minimum atomic E-state index is -0.660. The van der Waals surface area contributed by atoms with Crippen molar-refractivity contribution < 1.29 is 23.9 Å². The Hall–Kier alpha value is -1.63. The van der Waals surface area contributed by atoms with Gasteiger partial charge in [0.2, 0.25) is 5.91 Å². The van der Waals surface area contributed by atoms with E-state index in [0.717, 1.165) is 58.0 Å². The van der Waals surface area contributed by atoms with Crippen LogP contribution in [0.2, 0.25) is 0 Å². The molecular formula is C22H34N2O5. The number of carbonyl (C=O) groups is 3. The largest absolute Gasteiger partial charge is 0.469 e. The molecule has 7 heteroatoms. The van der Waals surface area contributed by atoms with Crippen molar-refractivity contribution in [3.63, 3.8) is 0 Å². The van der Waals surface area contributed by atoms with E-state index < -0.39 is 22.8 Å². The molecule has 0 aromatic rings. The van der Waals surface area contributed by atoms with Crippen LogP contribution in [0.5, 0.6) is 0 Å². The van der Waals surface area contributed by atoms with Crippen molar-refractivity contribution in [2.45, 2.75) is 63.8 Å². The summed E-state index contributed by atoms with van der Waals surface area (Å²) in [4.78, 5) is 40.8. The molecule has 3 atom stereocenters. The summed E-state index contributed by atoms with van der Waals surface area (Å²) in [5, 5.41) is 3.04. The lowest BCUT2D eigenvalue weighted by molar-refractivity contribution is -0.182. The van der Waals surface area contributed by atoms with Gasteiger partial charge in [-0.2, -0.15) is 0 Å². The lowest BCUT2D eigenvalue weighted by atomic mass is 9.44. The highest BCUT2D eigenvalue weighted by atomic mass is 16.5. The molecule has 0 radical (unpaired) electrons. The second kappa shape index (κ2) is 7.89. The number of hydrogen-bond donors (Lipinski definition) is 1. The Bertz CT molecular complexity index is 658. The number of nitrogens with zero attached hydrogens (tertiary/aromatic N) is 1. The monoisotopic (exact) mass is 406 g/mol. The van der Waals surface area contributed by atoms with E-state index in [1.54, 1.807) is 0 Å². The molecule has 162 valence electrons. The molecule has 0 aromatic carbocycles. The number of nitrogens with one attached hydrogen (secondary N) is 1. The average Bonchev–Trinajstić information content (AvgIpc) is 2.71. The van der Waals surface area contributed by atoms with Gasteiger partial charge in [-0.15, -0.1) is 0 Å². The molecule has 4 saturated carbocycles. The number of hydrogen-bond acceptors (Lipinski definition) is 6. The molecule has 1 amide bonds. The molecular weight excluding hydrogens is 372 g/mol. The molecule has 1 aliphatic heterocycles. The van der Waals surface area contributed by atoms with Crippen molar-refractivity contribution in [1.82, 2.24) is 10.2 Å². The Balaban J connectivity index is 1.51. The summed E-state index contributed by atoms with van der Waals surface area (Å²) in [6.07, 6.45) is 8.39. The summed E-state index contributed by atoms with van der Waals surface area (Å²) in [6, 6.07) is -0.660. The number of likely N-dealkylation sites (tertiary alicyclic amines) is 1. The maximum absolute atomic E-state index is 13.5. The van der Waals surface area contributed by atoms with Gasteiger partial charge >= 0.3 is 11.9 Å². The second-order valence-corrected chi connectivity index (χ2v) is 9.92. The third-order valence-corrected chi connectivity index (χ3v) is 7.84. The average molecular weight is 407 g/mol. The van der Waals surface area contributed by atoms with E-state index in [0.29, 0.717) is 24.8 Å². The Morgan fingerprint density at radius 1 is 0.966 bits per heavy atom. The van der Waals surface area contributed by atoms with Gasteiger partial charge in [-0.1, -0.05) is 6.42 Å². The molecule has 29 heavy (non-hydrogen) atoms. The molecule has 5 fully saturated rings. The first-order chi connectivity index (χ1) is 13.9. The molecule has 0 aromatic heterocycles. The SMILES string of the molecule is COC(=O)C(CN1CCCCC1)NC(=O)C12CC3CC(C1)CC(C(=O)OC)(C3)C2. The van der Waals surface area contributed by atoms with Gasteiger partial charge in [-0.05, 0) is 76.3 Å². The van der Waals surface area contributed by atoms with Crippen LogP contribution in [-0.4, -0.2) is 62.6 Å². The van der Waals surface area contributed by atoms with E-state index in [9.17, 15) is 14.4 Å². The summed E-state index contributed by atoms with van der Waals surface area (Å²) < 4.78 is 10.1. The van der Waals surface area contributed by atoms with E-state index in [-0.39, 0.29) is 11.9 Å². The quantitative estimate of drug-likeness (QED) is 0.678. The smallest absolute Gasteiger partial charge is 0.329 e. The van der Waals surface area contributed by atoms with E-state index in [1.165, 1.54) is 20.6 Å². The number of piperidine rings is 1. The molecule has 1 saturated heterocycles. The third-order valence-electron chi connectivity index (χ3n) is 7.84. The van der Waals surface area contributed by atoms with E-state index in [4.69, 9.17) is 9.47 Å². The Morgan fingerprint density at radius 2 is 1.59 bits per heavy atom. The summed E-state index contributed by atoms with van der Waals surface area (Å²) in [6.45, 7) is 2.39. The zero-order valence-corrected chi connectivity index (χ0v) is 17.7. The first-order valence-electron chi connectivity index (χ1n) is 11.1. The number of methoxy groups -OCH3 is 2. The van der Waals surface area contributed by atoms with Crippen LogP contribution in [0.15, 0.2) is 0 Å². The number of rotatable bonds is 6. The predicted molar refractivity (Wildman–Crippen MR) is 106 cm³/mol. The van der Waals surface area contributed by atoms with Crippen LogP contribution in [-0.2, 0) is 23.9 Å². The van der Waals surface area contributed by atoms with Crippen molar-refractivity contribution >= 4 is 17.8 Å². The topological polar surface area (TPSA) is 84.9 Å². The van der Waals surface area contributed by atoms with Crippen molar-refractivity contribution in [2.24, 2.45) is 22.7 Å². The fourth-order valence-electron chi connectivity index (χ4n) is 7.02. The van der Waals surface area contributed by atoms with Crippen LogP contribution in [0, 0.1) is 22.7 Å². The van der Waals surface area contributed by atoms with Gasteiger partial charge in [-0.3, -0.25) is 9.59 Å². The molecule has 5 rings (SSSR count). The molecule has 3 unspecified atom stereocenters. The van der Waals surface area contributed by atoms with Gasteiger partial charge in [0.25, 0.3) is 0 Å². The highest BCUT2D eigenvalue weighted by Gasteiger charge is 2.63. The summed E-state index contributed by atoms with van der Waals surface area (Å²) in [5.41, 5.74) is -1.09. The highest BCUT2D eigenvalue weighted by molar-refractivity contribution is 5.90. The zero-order chi connectivity index (χ0) is 20.6. The van der Waals surface area contributed by atoms with Gasteiger partial charge in [-0.25, -0.2) is 4.79 Å². The number of esters is 2. The fourth-order valence-corrected chi connectivity index (χ4v) is 7.02. The van der Waals surface area contributed by atoms with Crippen molar-refractivity contribution in [2.75, 3.05) is 33.9 Å². The maximum atomic E-state index is 13.5. The van der Waals surface area contributed by atoms with Crippen LogP contribution in [0.1, 0.15) is 57.8 Å². The standard InChI is InChI=1S/C22H34N2O5/c1-28-18(25)17(13-24-6-4-3-5-7-24)23-19(26)21-9-15-8-16(10-21)12-22(11-15,14-21)20(27)29-2/h15-17H,3-14H2,1-2H3,(H,23,26). The molecule has 1 heterocycles. The van der Waals surface area contributed by atoms with Crippen LogP contribution in [0.25, 0.3) is 0 Å². The lowest BCUT2D eigenvalue weighted by Gasteiger charge is -2.59. The van der Waals surface area contributed by atoms with Crippen molar-refractivity contribution in [3.05, 3.63) is 0 Å². The molecule has 0 spiro atoms. The zero-order valence-electron chi connectivity index (χ0n) is 17.7. The Kier molecular flexibility index (Phi) is 5.62. The van der Waals surface area contributed by atoms with E-state index >= 15 is 0 Å². The third kappa shape index (κ3) is 3.78. The molecule has 4 aliphatic carbocycles. The minimum absolute atomic E-state index is 0.0766. The normalized spacial score (nSPS) is 37.0. The predicted octanol–water partition coefficient (Wildman–Crippen LogP) is 1.89. The van der Waals surface area contributed by atoms with Gasteiger partial charge in [0.05, 0.1) is 25.0 Å². The first kappa shape index (κ1) is 20.6. The summed E-state index contributed by atoms with van der Waals surface area (Å²) in [7, 11) is 2.81. The Labute approximate surface area is 172 Å². The number of amides is 1. The van der Waals surface area contributed by atoms with Crippen LogP contribution in [0.4, 0.5) is 0 Å². The maximum Gasteiger partial charge on any atom is 0.329 e. The van der Waals surface area contributed by atoms with Gasteiger partial charge in [0.1, 0.15) is 6.04 Å². The van der Waals surface area contributed by atoms with Crippen LogP contribution in [0.3, 0.4) is 0 Å². The number of ether oxygens (including phenoxy) is 2. The number of carbonyl (C=O) groups excluding carboxylic acids is 3. The summed E-state index contributed by atoms with van der Waals surface area (Å²) >= 11 is 0. The summed E-state index contributed by atoms with van der Waals surface area (Å²) in [5.74, 6) is 0.143. The molecule has 5 aliphatic rings. The van der Waals surface area contributed by atoms with E-state index in [2.05, 4.69) is 10.2 Å². The van der Waals surface area contributed by atoms with Gasteiger partial charge in [0, 0.05) is 6.54 Å². The van der Waals surface area contributed by atoms with Gasteiger partial charge < -0.3 is 19.7 Å². The second-order valence-electron chi connectivity index (χ2n) is 9.92. The minimum Gasteiger partial charge on any atom is -0.469 e. The first-order valence-corrected chi connectivity index (χ1v) is 11.1. The lowest BCUT2D eigenvalue weighted by Crippen LogP contribution is -2.62. The Morgan fingerprint density at radius 3 is 2.17 bits per heavy atom. The molecule has 4 bridgehead atoms. The van der Waals surface area contributed by atoms with Gasteiger partial charge in [0.15, 0.2) is 0 Å². The van der Waals surface area contributed by atoms with Crippen LogP contribution >= 0.6 is 0 Å². The van der Waals surface area contributed by atoms with Crippen LogP contribution < -0.4 is 5.32 Å². The molecule has 1 N–H and O–H groups in total. The van der Waals surface area contributed by atoms with E-state index in [1.807, 2.05) is 0 Å². The molecule has 7 nitrogen and oxygen atoms in total.